The van der Waals surface area contributed by atoms with Gasteiger partial charge in [0.15, 0.2) is 5.11 Å². The molecule has 32 heavy (non-hydrogen) atoms. The van der Waals surface area contributed by atoms with E-state index in [9.17, 15) is 18.0 Å². The molecule has 1 atom stereocenters. The molecule has 1 aliphatic heterocycles. The van der Waals surface area contributed by atoms with Crippen molar-refractivity contribution in [3.63, 3.8) is 0 Å². The molecule has 1 aliphatic rings. The molecule has 11 heteroatoms. The van der Waals surface area contributed by atoms with Crippen molar-refractivity contribution in [2.24, 2.45) is 0 Å². The van der Waals surface area contributed by atoms with Gasteiger partial charge in [-0.25, -0.2) is 0 Å². The van der Waals surface area contributed by atoms with Gasteiger partial charge in [0.2, 0.25) is 0 Å². The summed E-state index contributed by atoms with van der Waals surface area (Å²) in [6.07, 6.45) is -4.62. The third-order valence-electron chi connectivity index (χ3n) is 4.81. The highest BCUT2D eigenvalue weighted by atomic mass is 35.5. The number of nitrogens with one attached hydrogen (secondary N) is 3. The zero-order valence-electron chi connectivity index (χ0n) is 17.2. The van der Waals surface area contributed by atoms with E-state index in [0.717, 1.165) is 6.07 Å². The number of hydrogen-bond acceptors (Lipinski definition) is 4. The summed E-state index contributed by atoms with van der Waals surface area (Å²) < 4.78 is 51.4. The van der Waals surface area contributed by atoms with Crippen LogP contribution in [0.15, 0.2) is 47.7 Å². The first-order valence-electron chi connectivity index (χ1n) is 9.24. The molecule has 0 aromatic heterocycles. The van der Waals surface area contributed by atoms with Gasteiger partial charge in [0.05, 0.1) is 42.1 Å². The predicted molar refractivity (Wildman–Crippen MR) is 119 cm³/mol. The predicted octanol–water partition coefficient (Wildman–Crippen LogP) is 4.81. The van der Waals surface area contributed by atoms with Crippen LogP contribution in [0.1, 0.15) is 24.1 Å². The summed E-state index contributed by atoms with van der Waals surface area (Å²) in [5, 5.41) is 8.61. The van der Waals surface area contributed by atoms with Gasteiger partial charge < -0.3 is 25.4 Å². The van der Waals surface area contributed by atoms with Crippen molar-refractivity contribution in [2.45, 2.75) is 19.1 Å². The monoisotopic (exact) mass is 485 g/mol. The van der Waals surface area contributed by atoms with Crippen LogP contribution in [0.5, 0.6) is 11.5 Å². The zero-order chi connectivity index (χ0) is 23.6. The molecule has 2 aromatic carbocycles. The Hall–Kier alpha value is -2.98. The minimum Gasteiger partial charge on any atom is -0.495 e. The van der Waals surface area contributed by atoms with E-state index in [1.54, 1.807) is 6.92 Å². The van der Waals surface area contributed by atoms with Crippen LogP contribution in [-0.2, 0) is 11.0 Å². The molecule has 1 amide bonds. The summed E-state index contributed by atoms with van der Waals surface area (Å²) >= 11 is 11.2. The quantitative estimate of drug-likeness (QED) is 0.528. The molecule has 6 nitrogen and oxygen atoms in total. The molecule has 0 saturated heterocycles. The molecular formula is C21H19ClF3N3O3S. The van der Waals surface area contributed by atoms with E-state index < -0.39 is 23.7 Å². The summed E-state index contributed by atoms with van der Waals surface area (Å²) in [4.78, 5) is 13.3. The number of anilines is 1. The minimum atomic E-state index is -4.62. The van der Waals surface area contributed by atoms with Crippen molar-refractivity contribution in [2.75, 3.05) is 19.5 Å². The van der Waals surface area contributed by atoms with Gasteiger partial charge in [-0.3, -0.25) is 4.79 Å². The van der Waals surface area contributed by atoms with Crippen LogP contribution in [0.3, 0.4) is 0 Å². The van der Waals surface area contributed by atoms with Crippen LogP contribution in [-0.4, -0.2) is 25.2 Å². The normalized spacial score (nSPS) is 16.2. The first kappa shape index (κ1) is 23.7. The van der Waals surface area contributed by atoms with Crippen molar-refractivity contribution in [1.29, 1.82) is 0 Å². The molecule has 3 rings (SSSR count). The van der Waals surface area contributed by atoms with Crippen molar-refractivity contribution in [1.82, 2.24) is 10.6 Å². The average Bonchev–Trinajstić information content (AvgIpc) is 2.73. The minimum absolute atomic E-state index is 0.0336. The lowest BCUT2D eigenvalue weighted by Gasteiger charge is -2.32. The van der Waals surface area contributed by atoms with Gasteiger partial charge in [0.1, 0.15) is 11.5 Å². The zero-order valence-corrected chi connectivity index (χ0v) is 18.8. The maximum absolute atomic E-state index is 13.7. The van der Waals surface area contributed by atoms with Crippen LogP contribution in [0.25, 0.3) is 0 Å². The summed E-state index contributed by atoms with van der Waals surface area (Å²) in [5.41, 5.74) is -0.422. The summed E-state index contributed by atoms with van der Waals surface area (Å²) in [7, 11) is 2.80. The van der Waals surface area contributed by atoms with E-state index in [4.69, 9.17) is 33.3 Å². The molecule has 2 aromatic rings. The van der Waals surface area contributed by atoms with Crippen LogP contribution in [0, 0.1) is 0 Å². The molecule has 0 saturated carbocycles. The third-order valence-corrected chi connectivity index (χ3v) is 5.33. The van der Waals surface area contributed by atoms with E-state index in [1.807, 2.05) is 0 Å². The molecule has 0 spiro atoms. The van der Waals surface area contributed by atoms with Crippen molar-refractivity contribution < 1.29 is 27.4 Å². The summed E-state index contributed by atoms with van der Waals surface area (Å²) in [5.74, 6) is -0.120. The second-order valence-electron chi connectivity index (χ2n) is 6.80. The lowest BCUT2D eigenvalue weighted by Crippen LogP contribution is -2.46. The van der Waals surface area contributed by atoms with E-state index in [-0.39, 0.29) is 38.5 Å². The first-order valence-corrected chi connectivity index (χ1v) is 10.0. The Morgan fingerprint density at radius 1 is 1.16 bits per heavy atom. The topological polar surface area (TPSA) is 71.6 Å². The van der Waals surface area contributed by atoms with Gasteiger partial charge in [0, 0.05) is 17.8 Å². The lowest BCUT2D eigenvalue weighted by molar-refractivity contribution is -0.138. The number of thiocarbonyl (C=S) groups is 1. The first-order chi connectivity index (χ1) is 15.1. The molecule has 0 fully saturated rings. The Bertz CT molecular complexity index is 1110. The highest BCUT2D eigenvalue weighted by Crippen LogP contribution is 2.39. The summed E-state index contributed by atoms with van der Waals surface area (Å²) in [6.45, 7) is 1.56. The number of rotatable bonds is 5. The molecular weight excluding hydrogens is 467 g/mol. The number of halogens is 4. The van der Waals surface area contributed by atoms with Crippen LogP contribution in [0.4, 0.5) is 18.9 Å². The van der Waals surface area contributed by atoms with Crippen LogP contribution >= 0.6 is 23.8 Å². The van der Waals surface area contributed by atoms with E-state index >= 15 is 0 Å². The molecule has 1 unspecified atom stereocenters. The molecule has 0 aliphatic carbocycles. The van der Waals surface area contributed by atoms with E-state index in [2.05, 4.69) is 16.0 Å². The largest absolute Gasteiger partial charge is 0.495 e. The van der Waals surface area contributed by atoms with Gasteiger partial charge in [-0.2, -0.15) is 13.2 Å². The molecule has 170 valence electrons. The number of benzene rings is 2. The Morgan fingerprint density at radius 2 is 1.81 bits per heavy atom. The number of methoxy groups -OCH3 is 2. The number of ether oxygens (including phenoxy) is 2. The lowest BCUT2D eigenvalue weighted by atomic mass is 9.91. The maximum atomic E-state index is 13.7. The second-order valence-corrected chi connectivity index (χ2v) is 7.61. The van der Waals surface area contributed by atoms with Gasteiger partial charge >= 0.3 is 6.18 Å². The van der Waals surface area contributed by atoms with Crippen molar-refractivity contribution >= 4 is 40.5 Å². The number of amides is 1. The SMILES string of the molecule is COc1cc(NC(=O)C2=C(C)NC(=S)NC2c2ccccc2C(F)(F)F)c(OC)cc1Cl. The number of hydrogen-bond donors (Lipinski definition) is 3. The van der Waals surface area contributed by atoms with E-state index in [0.29, 0.717) is 5.70 Å². The van der Waals surface area contributed by atoms with Gasteiger partial charge in [0.25, 0.3) is 5.91 Å². The van der Waals surface area contributed by atoms with Gasteiger partial charge in [-0.15, -0.1) is 0 Å². The highest BCUT2D eigenvalue weighted by Gasteiger charge is 2.39. The second kappa shape index (κ2) is 9.25. The third kappa shape index (κ3) is 4.76. The molecule has 1 heterocycles. The number of allylic oxidation sites excluding steroid dienone is 1. The highest BCUT2D eigenvalue weighted by molar-refractivity contribution is 7.80. The van der Waals surface area contributed by atoms with Crippen molar-refractivity contribution in [3.05, 3.63) is 63.8 Å². The van der Waals surface area contributed by atoms with Crippen LogP contribution < -0.4 is 25.4 Å². The Labute approximate surface area is 192 Å². The molecule has 3 N–H and O–H groups in total. The fraction of sp³-hybridized carbons (Fsp3) is 0.238. The van der Waals surface area contributed by atoms with Crippen molar-refractivity contribution in [3.8, 4) is 11.5 Å². The molecule has 0 bridgehead atoms. The fourth-order valence-corrected chi connectivity index (χ4v) is 3.88. The number of alkyl halides is 3. The Morgan fingerprint density at radius 3 is 2.44 bits per heavy atom. The molecule has 0 radical (unpaired) electrons. The fourth-order valence-electron chi connectivity index (χ4n) is 3.38. The van der Waals surface area contributed by atoms with Crippen LogP contribution in [0.2, 0.25) is 5.02 Å². The average molecular weight is 486 g/mol. The standard InChI is InChI=1S/C21H19ClF3N3O3S/c1-10-17(19(29)27-14-9-15(30-2)13(22)8-16(14)31-3)18(28-20(32)26-10)11-6-4-5-7-12(11)21(23,24)25/h4-9,18H,1-3H3,(H,27,29)(H2,26,28,32). The van der Waals surface area contributed by atoms with Gasteiger partial charge in [-0.05, 0) is 30.8 Å². The number of carbonyl (C=O) groups excluding carboxylic acids is 1. The Balaban J connectivity index is 2.07. The smallest absolute Gasteiger partial charge is 0.416 e. The summed E-state index contributed by atoms with van der Waals surface area (Å²) in [6, 6.07) is 6.80. The number of carbonyl (C=O) groups is 1. The van der Waals surface area contributed by atoms with E-state index in [1.165, 1.54) is 44.6 Å². The maximum Gasteiger partial charge on any atom is 0.416 e. The van der Waals surface area contributed by atoms with Gasteiger partial charge in [-0.1, -0.05) is 29.8 Å². The Kier molecular flexibility index (Phi) is 6.85.